The van der Waals surface area contributed by atoms with Crippen LogP contribution in [0.3, 0.4) is 0 Å². The van der Waals surface area contributed by atoms with Crippen LogP contribution < -0.4 is 5.56 Å². The fraction of sp³-hybridized carbons (Fsp3) is 0.550. The molecule has 7 heteroatoms. The van der Waals surface area contributed by atoms with E-state index in [0.717, 1.165) is 19.4 Å². The minimum Gasteiger partial charge on any atom is -0.339 e. The van der Waals surface area contributed by atoms with E-state index < -0.39 is 0 Å². The molecule has 0 unspecified atom stereocenters. The number of hydrogen-bond donors (Lipinski definition) is 0. The highest BCUT2D eigenvalue weighted by atomic mass is 35.5. The molecule has 1 aliphatic heterocycles. The fourth-order valence-corrected chi connectivity index (χ4v) is 4.55. The number of amides is 1. The second kappa shape index (κ2) is 8.65. The molecule has 1 amide bonds. The number of hydrogen-bond acceptors (Lipinski definition) is 4. The van der Waals surface area contributed by atoms with Crippen molar-refractivity contribution < 1.29 is 4.79 Å². The summed E-state index contributed by atoms with van der Waals surface area (Å²) in [5, 5.41) is 1.69. The summed E-state index contributed by atoms with van der Waals surface area (Å²) in [5.74, 6) is 0.705. The predicted molar refractivity (Wildman–Crippen MR) is 112 cm³/mol. The van der Waals surface area contributed by atoms with Gasteiger partial charge in [-0.2, -0.15) is 0 Å². The van der Waals surface area contributed by atoms with Gasteiger partial charge in [-0.25, -0.2) is 4.98 Å². The normalized spacial score (nSPS) is 17.7. The molecule has 0 spiro atoms. The molecule has 146 valence electrons. The Kier molecular flexibility index (Phi) is 6.48. The molecule has 27 heavy (non-hydrogen) atoms. The minimum atomic E-state index is -0.0772. The molecular weight excluding hydrogens is 382 g/mol. The molecule has 0 bridgehead atoms. The lowest BCUT2D eigenvalue weighted by molar-refractivity contribution is -0.131. The number of thioether (sulfide) groups is 1. The zero-order valence-corrected chi connectivity index (χ0v) is 17.6. The van der Waals surface area contributed by atoms with E-state index in [1.165, 1.54) is 18.2 Å². The van der Waals surface area contributed by atoms with Gasteiger partial charge in [0.2, 0.25) is 5.91 Å². The van der Waals surface area contributed by atoms with E-state index in [1.54, 1.807) is 22.8 Å². The van der Waals surface area contributed by atoms with Crippen LogP contribution in [-0.2, 0) is 11.3 Å². The Hall–Kier alpha value is -1.53. The molecule has 0 radical (unpaired) electrons. The van der Waals surface area contributed by atoms with Crippen molar-refractivity contribution in [3.05, 3.63) is 33.6 Å². The molecule has 5 nitrogen and oxygen atoms in total. The lowest BCUT2D eigenvalue weighted by Gasteiger charge is -2.33. The molecule has 2 aromatic rings. The standard InChI is InChI=1S/C20H26ClN3O2S/c1-13(2)11-24-19(26)16-8-7-15(21)10-17(16)22-20(24)27-12-18(25)23-9-5-4-6-14(23)3/h7-8,10,13-14H,4-6,9,11-12H2,1-3H3/t14-/m1/s1. The molecule has 0 saturated carbocycles. The molecule has 1 aliphatic rings. The van der Waals surface area contributed by atoms with E-state index in [-0.39, 0.29) is 17.5 Å². The van der Waals surface area contributed by atoms with Gasteiger partial charge in [-0.3, -0.25) is 14.2 Å². The Morgan fingerprint density at radius 2 is 2.15 bits per heavy atom. The Labute approximate surface area is 169 Å². The van der Waals surface area contributed by atoms with E-state index >= 15 is 0 Å². The van der Waals surface area contributed by atoms with Gasteiger partial charge in [0.05, 0.1) is 16.7 Å². The van der Waals surface area contributed by atoms with Gasteiger partial charge < -0.3 is 4.90 Å². The maximum atomic E-state index is 13.0. The van der Waals surface area contributed by atoms with Gasteiger partial charge in [0.1, 0.15) is 0 Å². The number of likely N-dealkylation sites (tertiary alicyclic amines) is 1. The lowest BCUT2D eigenvalue weighted by Crippen LogP contribution is -2.43. The van der Waals surface area contributed by atoms with Crippen LogP contribution in [-0.4, -0.2) is 38.7 Å². The third-order valence-corrected chi connectivity index (χ3v) is 6.07. The third-order valence-electron chi connectivity index (χ3n) is 4.88. The number of benzene rings is 1. The number of fused-ring (bicyclic) bond motifs is 1. The molecule has 1 fully saturated rings. The van der Waals surface area contributed by atoms with Crippen molar-refractivity contribution in [3.63, 3.8) is 0 Å². The topological polar surface area (TPSA) is 55.2 Å². The highest BCUT2D eigenvalue weighted by molar-refractivity contribution is 7.99. The van der Waals surface area contributed by atoms with E-state index in [4.69, 9.17) is 11.6 Å². The molecule has 0 N–H and O–H groups in total. The second-order valence-electron chi connectivity index (χ2n) is 7.59. The molecular formula is C20H26ClN3O2S. The molecule has 2 heterocycles. The average molecular weight is 408 g/mol. The molecule has 3 rings (SSSR count). The smallest absolute Gasteiger partial charge is 0.262 e. The molecule has 1 aromatic heterocycles. The van der Waals surface area contributed by atoms with Crippen molar-refractivity contribution in [2.75, 3.05) is 12.3 Å². The van der Waals surface area contributed by atoms with Crippen LogP contribution in [0.4, 0.5) is 0 Å². The van der Waals surface area contributed by atoms with E-state index in [0.29, 0.717) is 39.3 Å². The maximum absolute atomic E-state index is 13.0. The zero-order valence-electron chi connectivity index (χ0n) is 16.1. The average Bonchev–Trinajstić information content (AvgIpc) is 2.62. The van der Waals surface area contributed by atoms with E-state index in [2.05, 4.69) is 25.8 Å². The van der Waals surface area contributed by atoms with Gasteiger partial charge in [-0.15, -0.1) is 0 Å². The lowest BCUT2D eigenvalue weighted by atomic mass is 10.0. The van der Waals surface area contributed by atoms with Gasteiger partial charge in [0.25, 0.3) is 5.56 Å². The molecule has 1 atom stereocenters. The summed E-state index contributed by atoms with van der Waals surface area (Å²) in [5.41, 5.74) is 0.500. The van der Waals surface area contributed by atoms with Crippen molar-refractivity contribution >= 4 is 40.2 Å². The fourth-order valence-electron chi connectivity index (χ4n) is 3.49. The number of nitrogens with zero attached hydrogens (tertiary/aromatic N) is 3. The molecule has 1 aromatic carbocycles. The van der Waals surface area contributed by atoms with Gasteiger partial charge >= 0.3 is 0 Å². The number of piperidine rings is 1. The first-order valence-corrected chi connectivity index (χ1v) is 10.9. The van der Waals surface area contributed by atoms with Crippen LogP contribution in [0.2, 0.25) is 5.02 Å². The van der Waals surface area contributed by atoms with Crippen LogP contribution in [0.15, 0.2) is 28.2 Å². The number of carbonyl (C=O) groups excluding carboxylic acids is 1. The van der Waals surface area contributed by atoms with Crippen LogP contribution in [0.1, 0.15) is 40.0 Å². The third kappa shape index (κ3) is 4.66. The molecule has 0 aliphatic carbocycles. The maximum Gasteiger partial charge on any atom is 0.262 e. The highest BCUT2D eigenvalue weighted by Gasteiger charge is 2.24. The highest BCUT2D eigenvalue weighted by Crippen LogP contribution is 2.23. The van der Waals surface area contributed by atoms with Crippen LogP contribution in [0.5, 0.6) is 0 Å². The van der Waals surface area contributed by atoms with Crippen LogP contribution in [0, 0.1) is 5.92 Å². The van der Waals surface area contributed by atoms with Crippen molar-refractivity contribution in [2.45, 2.75) is 57.8 Å². The Balaban J connectivity index is 1.89. The number of halogens is 1. The minimum absolute atomic E-state index is 0.0772. The first-order valence-electron chi connectivity index (χ1n) is 9.49. The number of carbonyl (C=O) groups is 1. The summed E-state index contributed by atoms with van der Waals surface area (Å²) in [4.78, 5) is 32.3. The van der Waals surface area contributed by atoms with Crippen molar-refractivity contribution in [1.29, 1.82) is 0 Å². The second-order valence-corrected chi connectivity index (χ2v) is 8.96. The molecule has 1 saturated heterocycles. The number of aromatic nitrogens is 2. The van der Waals surface area contributed by atoms with E-state index in [9.17, 15) is 9.59 Å². The first kappa shape index (κ1) is 20.2. The summed E-state index contributed by atoms with van der Waals surface area (Å²) in [7, 11) is 0. The van der Waals surface area contributed by atoms with Gasteiger partial charge in [0.15, 0.2) is 5.16 Å². The van der Waals surface area contributed by atoms with Crippen molar-refractivity contribution in [1.82, 2.24) is 14.5 Å². The summed E-state index contributed by atoms with van der Waals surface area (Å²) in [6, 6.07) is 5.42. The first-order chi connectivity index (χ1) is 12.9. The largest absolute Gasteiger partial charge is 0.339 e. The van der Waals surface area contributed by atoms with Gasteiger partial charge in [0, 0.05) is 24.2 Å². The number of rotatable bonds is 5. The quantitative estimate of drug-likeness (QED) is 0.550. The summed E-state index contributed by atoms with van der Waals surface area (Å²) < 4.78 is 1.69. The zero-order chi connectivity index (χ0) is 19.6. The predicted octanol–water partition coefficient (Wildman–Crippen LogP) is 4.20. The Morgan fingerprint density at radius 1 is 1.37 bits per heavy atom. The van der Waals surface area contributed by atoms with E-state index in [1.807, 2.05) is 4.90 Å². The monoisotopic (exact) mass is 407 g/mol. The van der Waals surface area contributed by atoms with Crippen molar-refractivity contribution in [2.24, 2.45) is 5.92 Å². The summed E-state index contributed by atoms with van der Waals surface area (Å²) in [6.07, 6.45) is 3.30. The van der Waals surface area contributed by atoms with Crippen LogP contribution in [0.25, 0.3) is 10.9 Å². The van der Waals surface area contributed by atoms with Gasteiger partial charge in [-0.05, 0) is 50.3 Å². The Morgan fingerprint density at radius 3 is 2.85 bits per heavy atom. The summed E-state index contributed by atoms with van der Waals surface area (Å²) >= 11 is 7.42. The SMILES string of the molecule is CC(C)Cn1c(SCC(=O)N2CCCC[C@H]2C)nc2cc(Cl)ccc2c1=O. The summed E-state index contributed by atoms with van der Waals surface area (Å²) in [6.45, 7) is 7.62. The Bertz CT molecular complexity index is 897. The van der Waals surface area contributed by atoms with Crippen LogP contribution >= 0.6 is 23.4 Å². The van der Waals surface area contributed by atoms with Crippen molar-refractivity contribution in [3.8, 4) is 0 Å². The van der Waals surface area contributed by atoms with Gasteiger partial charge in [-0.1, -0.05) is 37.2 Å².